The summed E-state index contributed by atoms with van der Waals surface area (Å²) in [5.41, 5.74) is 2.86. The van der Waals surface area contributed by atoms with Crippen LogP contribution in [0.4, 0.5) is 5.13 Å². The SMILES string of the molecule is Cc1nocc1C(=O)NCc1nc(N2CCOCC2)sc1-c1ccncc1. The molecular formula is C18H19N5O3S. The lowest BCUT2D eigenvalue weighted by atomic mass is 10.2. The van der Waals surface area contributed by atoms with Crippen LogP contribution in [0.3, 0.4) is 0 Å². The van der Waals surface area contributed by atoms with Crippen LogP contribution >= 0.6 is 11.3 Å². The third-order valence-electron chi connectivity index (χ3n) is 4.32. The van der Waals surface area contributed by atoms with Crippen molar-refractivity contribution in [1.82, 2.24) is 20.4 Å². The molecule has 3 aromatic rings. The van der Waals surface area contributed by atoms with Gasteiger partial charge in [0.05, 0.1) is 36.0 Å². The minimum atomic E-state index is -0.227. The fourth-order valence-electron chi connectivity index (χ4n) is 2.85. The van der Waals surface area contributed by atoms with Gasteiger partial charge in [0.25, 0.3) is 5.91 Å². The number of aryl methyl sites for hydroxylation is 1. The summed E-state index contributed by atoms with van der Waals surface area (Å²) in [7, 11) is 0. The minimum Gasteiger partial charge on any atom is -0.378 e. The molecular weight excluding hydrogens is 366 g/mol. The van der Waals surface area contributed by atoms with E-state index in [-0.39, 0.29) is 5.91 Å². The van der Waals surface area contributed by atoms with Crippen molar-refractivity contribution < 1.29 is 14.1 Å². The highest BCUT2D eigenvalue weighted by Gasteiger charge is 2.20. The van der Waals surface area contributed by atoms with Gasteiger partial charge in [-0.3, -0.25) is 9.78 Å². The Bertz CT molecular complexity index is 918. The first kappa shape index (κ1) is 17.6. The summed E-state index contributed by atoms with van der Waals surface area (Å²) in [5, 5.41) is 7.60. The molecule has 0 atom stereocenters. The van der Waals surface area contributed by atoms with Gasteiger partial charge < -0.3 is 19.5 Å². The highest BCUT2D eigenvalue weighted by molar-refractivity contribution is 7.19. The van der Waals surface area contributed by atoms with E-state index in [0.29, 0.717) is 31.0 Å². The third-order valence-corrected chi connectivity index (χ3v) is 5.53. The quantitative estimate of drug-likeness (QED) is 0.720. The van der Waals surface area contributed by atoms with Gasteiger partial charge in [-0.1, -0.05) is 16.5 Å². The van der Waals surface area contributed by atoms with Gasteiger partial charge in [-0.2, -0.15) is 0 Å². The Morgan fingerprint density at radius 3 is 2.78 bits per heavy atom. The average molecular weight is 385 g/mol. The van der Waals surface area contributed by atoms with E-state index in [2.05, 4.69) is 20.4 Å². The van der Waals surface area contributed by atoms with Crippen LogP contribution < -0.4 is 10.2 Å². The van der Waals surface area contributed by atoms with Crippen LogP contribution in [-0.2, 0) is 11.3 Å². The number of ether oxygens (including phenoxy) is 1. The Balaban J connectivity index is 1.58. The average Bonchev–Trinajstić information content (AvgIpc) is 3.34. The second-order valence-corrected chi connectivity index (χ2v) is 7.08. The molecule has 0 aliphatic carbocycles. The van der Waals surface area contributed by atoms with E-state index in [9.17, 15) is 4.79 Å². The van der Waals surface area contributed by atoms with E-state index in [1.54, 1.807) is 30.7 Å². The monoisotopic (exact) mass is 385 g/mol. The first-order valence-electron chi connectivity index (χ1n) is 8.64. The summed E-state index contributed by atoms with van der Waals surface area (Å²) < 4.78 is 10.3. The van der Waals surface area contributed by atoms with Gasteiger partial charge in [0.15, 0.2) is 5.13 Å². The van der Waals surface area contributed by atoms with E-state index in [0.717, 1.165) is 34.4 Å². The fraction of sp³-hybridized carbons (Fsp3) is 0.333. The summed E-state index contributed by atoms with van der Waals surface area (Å²) >= 11 is 1.62. The van der Waals surface area contributed by atoms with Crippen LogP contribution in [0.2, 0.25) is 0 Å². The number of pyridine rings is 1. The standard InChI is InChI=1S/C18H19N5O3S/c1-12-14(11-26-22-12)17(24)20-10-15-16(13-2-4-19-5-3-13)27-18(21-15)23-6-8-25-9-7-23/h2-5,11H,6-10H2,1H3,(H,20,24). The molecule has 1 saturated heterocycles. The lowest BCUT2D eigenvalue weighted by Gasteiger charge is -2.26. The molecule has 9 heteroatoms. The summed E-state index contributed by atoms with van der Waals surface area (Å²) in [6.07, 6.45) is 4.87. The molecule has 1 fully saturated rings. The Morgan fingerprint density at radius 2 is 2.07 bits per heavy atom. The molecule has 0 saturated carbocycles. The first-order valence-corrected chi connectivity index (χ1v) is 9.46. The van der Waals surface area contributed by atoms with Gasteiger partial charge in [-0.25, -0.2) is 4.98 Å². The van der Waals surface area contributed by atoms with E-state index in [1.165, 1.54) is 6.26 Å². The zero-order valence-electron chi connectivity index (χ0n) is 14.8. The number of aromatic nitrogens is 3. The van der Waals surface area contributed by atoms with Crippen LogP contribution in [0.25, 0.3) is 10.4 Å². The molecule has 0 bridgehead atoms. The number of hydrogen-bond acceptors (Lipinski definition) is 8. The molecule has 1 amide bonds. The van der Waals surface area contributed by atoms with Gasteiger partial charge in [0.2, 0.25) is 0 Å². The van der Waals surface area contributed by atoms with Crippen LogP contribution in [0.15, 0.2) is 35.3 Å². The number of carbonyl (C=O) groups excluding carboxylic acids is 1. The van der Waals surface area contributed by atoms with Crippen molar-refractivity contribution in [2.24, 2.45) is 0 Å². The normalized spacial score (nSPS) is 14.3. The Kier molecular flexibility index (Phi) is 5.12. The molecule has 4 rings (SSSR count). The zero-order chi connectivity index (χ0) is 18.6. The summed E-state index contributed by atoms with van der Waals surface area (Å²) in [5.74, 6) is -0.227. The smallest absolute Gasteiger partial charge is 0.256 e. The second kappa shape index (κ2) is 7.85. The summed E-state index contributed by atoms with van der Waals surface area (Å²) in [6.45, 7) is 5.08. The lowest BCUT2D eigenvalue weighted by Crippen LogP contribution is -2.36. The number of carbonyl (C=O) groups is 1. The molecule has 1 aliphatic heterocycles. The molecule has 8 nitrogen and oxygen atoms in total. The molecule has 3 aromatic heterocycles. The molecule has 0 aromatic carbocycles. The highest BCUT2D eigenvalue weighted by Crippen LogP contribution is 2.35. The van der Waals surface area contributed by atoms with Crippen molar-refractivity contribution in [3.8, 4) is 10.4 Å². The van der Waals surface area contributed by atoms with Gasteiger partial charge in [0.1, 0.15) is 11.8 Å². The molecule has 0 unspecified atom stereocenters. The first-order chi connectivity index (χ1) is 13.2. The summed E-state index contributed by atoms with van der Waals surface area (Å²) in [4.78, 5) is 24.5. The number of rotatable bonds is 5. The van der Waals surface area contributed by atoms with Crippen molar-refractivity contribution in [3.63, 3.8) is 0 Å². The third kappa shape index (κ3) is 3.83. The van der Waals surface area contributed by atoms with Crippen molar-refractivity contribution in [1.29, 1.82) is 0 Å². The van der Waals surface area contributed by atoms with Crippen molar-refractivity contribution in [3.05, 3.63) is 47.7 Å². The number of hydrogen-bond donors (Lipinski definition) is 1. The maximum Gasteiger partial charge on any atom is 0.256 e. The fourth-order valence-corrected chi connectivity index (χ4v) is 3.99. The zero-order valence-corrected chi connectivity index (χ0v) is 15.7. The molecule has 4 heterocycles. The van der Waals surface area contributed by atoms with Gasteiger partial charge in [-0.05, 0) is 24.6 Å². The van der Waals surface area contributed by atoms with Crippen LogP contribution in [0.5, 0.6) is 0 Å². The van der Waals surface area contributed by atoms with Crippen molar-refractivity contribution >= 4 is 22.4 Å². The second-order valence-electron chi connectivity index (χ2n) is 6.10. The van der Waals surface area contributed by atoms with E-state index in [4.69, 9.17) is 14.2 Å². The van der Waals surface area contributed by atoms with Crippen molar-refractivity contribution in [2.75, 3.05) is 31.2 Å². The van der Waals surface area contributed by atoms with E-state index >= 15 is 0 Å². The number of morpholine rings is 1. The number of nitrogens with zero attached hydrogens (tertiary/aromatic N) is 4. The largest absolute Gasteiger partial charge is 0.378 e. The maximum absolute atomic E-state index is 12.4. The molecule has 27 heavy (non-hydrogen) atoms. The van der Waals surface area contributed by atoms with Crippen LogP contribution in [0.1, 0.15) is 21.7 Å². The van der Waals surface area contributed by atoms with Gasteiger partial charge in [0, 0.05) is 25.5 Å². The topological polar surface area (TPSA) is 93.4 Å². The Morgan fingerprint density at radius 1 is 1.30 bits per heavy atom. The van der Waals surface area contributed by atoms with Gasteiger partial charge >= 0.3 is 0 Å². The predicted octanol–water partition coefficient (Wildman–Crippen LogP) is 2.27. The van der Waals surface area contributed by atoms with Gasteiger partial charge in [-0.15, -0.1) is 0 Å². The minimum absolute atomic E-state index is 0.227. The van der Waals surface area contributed by atoms with Crippen molar-refractivity contribution in [2.45, 2.75) is 13.5 Å². The van der Waals surface area contributed by atoms with E-state index in [1.807, 2.05) is 12.1 Å². The highest BCUT2D eigenvalue weighted by atomic mass is 32.1. The Hall–Kier alpha value is -2.78. The molecule has 140 valence electrons. The molecule has 1 N–H and O–H groups in total. The van der Waals surface area contributed by atoms with E-state index < -0.39 is 0 Å². The molecule has 1 aliphatic rings. The molecule has 0 radical (unpaired) electrons. The van der Waals surface area contributed by atoms with Crippen LogP contribution in [-0.4, -0.2) is 47.3 Å². The number of amides is 1. The Labute approximate surface area is 160 Å². The predicted molar refractivity (Wildman–Crippen MR) is 101 cm³/mol. The number of nitrogens with one attached hydrogen (secondary N) is 1. The maximum atomic E-state index is 12.4. The number of thiazole rings is 1. The number of anilines is 1. The lowest BCUT2D eigenvalue weighted by molar-refractivity contribution is 0.0949. The van der Waals surface area contributed by atoms with Crippen LogP contribution in [0, 0.1) is 6.92 Å². The molecule has 0 spiro atoms. The summed E-state index contributed by atoms with van der Waals surface area (Å²) in [6, 6.07) is 3.90.